The van der Waals surface area contributed by atoms with E-state index < -0.39 is 127 Å². The van der Waals surface area contributed by atoms with Gasteiger partial charge in [-0.1, -0.05) is 35.8 Å². The van der Waals surface area contributed by atoms with Crippen molar-refractivity contribution in [1.82, 2.24) is 0 Å². The Balaban J connectivity index is 2.27. The molecule has 0 radical (unpaired) electrons. The first-order valence-corrected chi connectivity index (χ1v) is 8.04. The molecule has 1 aliphatic rings. The van der Waals surface area contributed by atoms with Gasteiger partial charge in [-0.15, -0.1) is 0 Å². The first-order valence-electron chi connectivity index (χ1n) is 15.7. The van der Waals surface area contributed by atoms with Gasteiger partial charge < -0.3 is 29.9 Å². The van der Waals surface area contributed by atoms with E-state index >= 15 is 0 Å². The zero-order valence-corrected chi connectivity index (χ0v) is 14.7. The van der Waals surface area contributed by atoms with Crippen molar-refractivity contribution in [1.29, 1.82) is 0 Å². The van der Waals surface area contributed by atoms with Gasteiger partial charge >= 0.3 is 0 Å². The van der Waals surface area contributed by atoms with E-state index in [1.807, 2.05) is 0 Å². The number of halogens is 1. The van der Waals surface area contributed by atoms with Crippen molar-refractivity contribution in [3.8, 4) is 5.75 Å². The number of hydrogen-bond acceptors (Lipinski definition) is 6. The molecule has 0 amide bonds. The maximum atomic E-state index is 10.8. The van der Waals surface area contributed by atoms with E-state index in [2.05, 4.69) is 0 Å². The van der Waals surface area contributed by atoms with Crippen molar-refractivity contribution in [2.75, 3.05) is 13.2 Å². The number of aliphatic hydroxyl groups excluding tert-OH is 1. The molecule has 6 nitrogen and oxygen atoms in total. The van der Waals surface area contributed by atoms with Gasteiger partial charge in [-0.2, -0.15) is 0 Å². The Morgan fingerprint density at radius 3 is 2.61 bits per heavy atom. The Labute approximate surface area is 191 Å². The third-order valence-corrected chi connectivity index (χ3v) is 3.99. The van der Waals surface area contributed by atoms with Crippen LogP contribution in [-0.4, -0.2) is 57.9 Å². The topological polar surface area (TPSA) is 99.4 Å². The van der Waals surface area contributed by atoms with Crippen molar-refractivity contribution in [2.45, 2.75) is 43.7 Å². The molecule has 0 aromatic heterocycles. The van der Waals surface area contributed by atoms with Crippen LogP contribution in [-0.2, 0) is 11.2 Å². The second kappa shape index (κ2) is 9.22. The van der Waals surface area contributed by atoms with Crippen LogP contribution in [0.25, 0.3) is 0 Å². The monoisotopic (exact) mass is 424 g/mol. The minimum atomic E-state index is -4.05. The van der Waals surface area contributed by atoms with Crippen LogP contribution < -0.4 is 4.74 Å². The van der Waals surface area contributed by atoms with Crippen LogP contribution in [0.4, 0.5) is 0 Å². The third kappa shape index (κ3) is 4.49. The maximum absolute atomic E-state index is 10.8. The molecule has 7 heteroatoms. The average Bonchev–Trinajstić information content (AvgIpc) is 2.90. The van der Waals surface area contributed by atoms with Gasteiger partial charge in [-0.25, -0.2) is 0 Å². The minimum absolute atomic E-state index is 0.561. The highest BCUT2D eigenvalue weighted by Gasteiger charge is 2.43. The molecule has 152 valence electrons. The highest BCUT2D eigenvalue weighted by Crippen LogP contribution is 2.34. The Bertz CT molecular complexity index is 1470. The van der Waals surface area contributed by atoms with Crippen LogP contribution >= 0.6 is 11.6 Å². The Kier molecular flexibility index (Phi) is 2.83. The van der Waals surface area contributed by atoms with Crippen molar-refractivity contribution >= 4 is 11.6 Å². The van der Waals surface area contributed by atoms with Gasteiger partial charge in [0.25, 0.3) is 0 Å². The second-order valence-electron chi connectivity index (χ2n) is 5.43. The number of rotatable bonds is 6. The Morgan fingerprint density at radius 1 is 1.18 bits per heavy atom. The largest absolute Gasteiger partial charge is 0.494 e. The first-order chi connectivity index (χ1) is 19.6. The van der Waals surface area contributed by atoms with Crippen LogP contribution in [0.5, 0.6) is 5.75 Å². The fourth-order valence-corrected chi connectivity index (χ4v) is 2.49. The van der Waals surface area contributed by atoms with E-state index in [0.29, 0.717) is 0 Å². The molecule has 5 atom stereocenters. The standard InChI is InChI=1S/C21H25ClO6/c1-2-27-15-6-3-12(4-7-15)9-14-10-13(5-8-16(14)22)21-20(26)19(25)18(24)17(11-23)28-21/h3-8,10,17-21,23-26H,2,9,11H2,1H3/t17-,18-,19+,20-,21+/m1/s1/i1D3,2D2,3D,4D,5D,6D,7D,8D,10D,17D,18D,19D,20D. The SMILES string of the molecule is [2H]c1c([2H])c([C@@H]2O[C@]([2H])(CO)[C@@]([2H])(O)[C@]([2H])(O)[C@@]2([2H])O)c([2H])c(Cc2c([2H])c([2H])c(OC([2H])([2H])C([2H])([2H])[2H])c([2H])c2[2H])c1Cl. The van der Waals surface area contributed by atoms with Crippen LogP contribution in [0.3, 0.4) is 0 Å². The Hall–Kier alpha value is -1.67. The van der Waals surface area contributed by atoms with Crippen molar-refractivity contribution in [2.24, 2.45) is 0 Å². The van der Waals surface area contributed by atoms with Crippen molar-refractivity contribution < 1.29 is 51.8 Å². The molecule has 0 aliphatic carbocycles. The molecule has 1 aliphatic heterocycles. The molecule has 1 fully saturated rings. The zero-order chi connectivity index (χ0) is 34.3. The summed E-state index contributed by atoms with van der Waals surface area (Å²) >= 11 is 6.21. The van der Waals surface area contributed by atoms with E-state index in [1.54, 1.807) is 0 Å². The van der Waals surface area contributed by atoms with E-state index in [4.69, 9.17) is 43.0 Å². The molecule has 1 saturated heterocycles. The first kappa shape index (κ1) is 8.60. The third-order valence-electron chi connectivity index (χ3n) is 3.66. The number of aliphatic hydroxyl groups is 4. The molecule has 4 N–H and O–H groups in total. The van der Waals surface area contributed by atoms with Gasteiger partial charge in [-0.05, 0) is 48.1 Å². The molecule has 0 saturated carbocycles. The average molecular weight is 425 g/mol. The summed E-state index contributed by atoms with van der Waals surface area (Å²) < 4.78 is 137. The highest BCUT2D eigenvalue weighted by molar-refractivity contribution is 6.31. The van der Waals surface area contributed by atoms with Crippen molar-refractivity contribution in [3.05, 3.63) is 64.0 Å². The number of benzene rings is 2. The van der Waals surface area contributed by atoms with Crippen LogP contribution in [0.2, 0.25) is 5.02 Å². The fourth-order valence-electron chi connectivity index (χ4n) is 2.33. The smallest absolute Gasteiger partial charge is 0.119 e. The maximum Gasteiger partial charge on any atom is 0.119 e. The molecule has 3 rings (SSSR count). The number of ether oxygens (including phenoxy) is 2. The van der Waals surface area contributed by atoms with Gasteiger partial charge in [0.1, 0.15) is 36.2 Å². The van der Waals surface area contributed by atoms with Gasteiger partial charge in [0.15, 0.2) is 0 Å². The van der Waals surface area contributed by atoms with E-state index in [0.717, 1.165) is 0 Å². The molecule has 1 heterocycles. The highest BCUT2D eigenvalue weighted by atomic mass is 35.5. The molecule has 0 unspecified atom stereocenters. The summed E-state index contributed by atoms with van der Waals surface area (Å²) in [7, 11) is 0. The van der Waals surface area contributed by atoms with Gasteiger partial charge in [0, 0.05) is 9.13 Å². The van der Waals surface area contributed by atoms with Crippen LogP contribution in [0.1, 0.15) is 51.6 Å². The summed E-state index contributed by atoms with van der Waals surface area (Å²) in [6.45, 7) is -8.43. The van der Waals surface area contributed by atoms with Gasteiger partial charge in [0.05, 0.1) is 31.0 Å². The van der Waals surface area contributed by atoms with E-state index in [-0.39, 0.29) is 0 Å². The van der Waals surface area contributed by atoms with Crippen LogP contribution in [0.15, 0.2) is 42.3 Å². The molecule has 0 bridgehead atoms. The molecule has 2 aromatic carbocycles. The summed E-state index contributed by atoms with van der Waals surface area (Å²) in [5.74, 6) is -1.06. The molecular formula is C21H25ClO6. The normalized spacial score (nSPS) is 47.2. The van der Waals surface area contributed by atoms with Crippen molar-refractivity contribution in [3.63, 3.8) is 0 Å². The van der Waals surface area contributed by atoms with E-state index in [1.165, 1.54) is 0 Å². The molecule has 28 heavy (non-hydrogen) atoms. The lowest BCUT2D eigenvalue weighted by Gasteiger charge is -2.40. The molecule has 2 aromatic rings. The number of hydrogen-bond donors (Lipinski definition) is 4. The predicted octanol–water partition coefficient (Wildman–Crippen LogP) is 1.84. The van der Waals surface area contributed by atoms with Gasteiger partial charge in [0.2, 0.25) is 0 Å². The molecule has 0 spiro atoms. The molecular weight excluding hydrogens is 384 g/mol. The minimum Gasteiger partial charge on any atom is -0.494 e. The lowest BCUT2D eigenvalue weighted by Crippen LogP contribution is -2.55. The van der Waals surface area contributed by atoms with Crippen LogP contribution in [0, 0.1) is 0 Å². The lowest BCUT2D eigenvalue weighted by atomic mass is 9.90. The Morgan fingerprint density at radius 2 is 1.93 bits per heavy atom. The summed E-state index contributed by atoms with van der Waals surface area (Å²) in [5.41, 5.74) is -2.12. The zero-order valence-electron chi connectivity index (χ0n) is 30.0. The predicted molar refractivity (Wildman–Crippen MR) is 105 cm³/mol. The van der Waals surface area contributed by atoms with Gasteiger partial charge in [-0.3, -0.25) is 0 Å². The van der Waals surface area contributed by atoms with E-state index in [9.17, 15) is 20.4 Å². The summed E-state index contributed by atoms with van der Waals surface area (Å²) in [4.78, 5) is 0. The summed E-state index contributed by atoms with van der Waals surface area (Å²) in [6.07, 6.45) is -18.7. The summed E-state index contributed by atoms with van der Waals surface area (Å²) in [6, 6.07) is -6.89. The fraction of sp³-hybridized carbons (Fsp3) is 0.429. The quantitative estimate of drug-likeness (QED) is 0.564. The second-order valence-corrected chi connectivity index (χ2v) is 5.81. The lowest BCUT2D eigenvalue weighted by molar-refractivity contribution is -0.231. The summed E-state index contributed by atoms with van der Waals surface area (Å²) in [5, 5.41) is 40.7.